The molecule has 9 heteroatoms. The van der Waals surface area contributed by atoms with E-state index in [4.69, 9.17) is 14.1 Å². The number of urea groups is 1. The summed E-state index contributed by atoms with van der Waals surface area (Å²) in [5, 5.41) is 6.07. The minimum Gasteiger partial charge on any atom is -0.444 e. The minimum absolute atomic E-state index is 0.0636. The van der Waals surface area contributed by atoms with Gasteiger partial charge in [0, 0.05) is 31.6 Å². The van der Waals surface area contributed by atoms with Gasteiger partial charge < -0.3 is 19.1 Å². The predicted molar refractivity (Wildman–Crippen MR) is 134 cm³/mol. The topological polar surface area (TPSA) is 88.4 Å². The standard InChI is InChI=1S/C28H36N4O5/c1-27(2,3)36-26(34)30-13-7-10-20(16-30)23-14-21(29-37-23)22-15-28(11-12-28)24-17-31(22)25(33)32(24)35-18-19-8-5-4-6-9-19/h4-6,8-9,14,20,22,24H,7,10-13,15-18H2,1-3H3/t20?,22-,24+/m0/s1. The lowest BCUT2D eigenvalue weighted by Gasteiger charge is -2.35. The van der Waals surface area contributed by atoms with E-state index >= 15 is 0 Å². The smallest absolute Gasteiger partial charge is 0.410 e. The van der Waals surface area contributed by atoms with Crippen LogP contribution in [0.25, 0.3) is 0 Å². The zero-order chi connectivity index (χ0) is 25.8. The summed E-state index contributed by atoms with van der Waals surface area (Å²) >= 11 is 0. The molecule has 6 rings (SSSR count). The van der Waals surface area contributed by atoms with Crippen molar-refractivity contribution in [2.45, 2.75) is 83.1 Å². The number of hydrogen-bond donors (Lipinski definition) is 0. The second kappa shape index (κ2) is 9.04. The maximum Gasteiger partial charge on any atom is 0.410 e. The average molecular weight is 509 g/mol. The molecule has 3 aliphatic heterocycles. The molecule has 1 saturated carbocycles. The number of benzene rings is 1. The van der Waals surface area contributed by atoms with Crippen LogP contribution in [0.5, 0.6) is 0 Å². The third-order valence-electron chi connectivity index (χ3n) is 8.24. The number of hydroxylamine groups is 2. The Kier molecular flexibility index (Phi) is 5.93. The van der Waals surface area contributed by atoms with Crippen LogP contribution in [0.1, 0.15) is 81.9 Å². The summed E-state index contributed by atoms with van der Waals surface area (Å²) in [6.45, 7) is 7.89. The van der Waals surface area contributed by atoms with Gasteiger partial charge in [0.25, 0.3) is 0 Å². The number of carbonyl (C=O) groups excluding carboxylic acids is 2. The lowest BCUT2D eigenvalue weighted by Crippen LogP contribution is -2.42. The van der Waals surface area contributed by atoms with Gasteiger partial charge in [0.15, 0.2) is 0 Å². The molecule has 4 fully saturated rings. The van der Waals surface area contributed by atoms with Gasteiger partial charge in [0.05, 0.1) is 12.1 Å². The number of fused-ring (bicyclic) bond motifs is 3. The monoisotopic (exact) mass is 508 g/mol. The fourth-order valence-corrected chi connectivity index (χ4v) is 6.11. The van der Waals surface area contributed by atoms with Gasteiger partial charge >= 0.3 is 12.1 Å². The normalized spacial score (nSPS) is 26.6. The number of carbonyl (C=O) groups is 2. The Bertz CT molecular complexity index is 1150. The third kappa shape index (κ3) is 4.69. The Morgan fingerprint density at radius 3 is 2.70 bits per heavy atom. The van der Waals surface area contributed by atoms with Crippen molar-refractivity contribution in [3.8, 4) is 0 Å². The molecule has 4 heterocycles. The molecule has 3 amide bonds. The van der Waals surface area contributed by atoms with Crippen LogP contribution in [0.3, 0.4) is 0 Å². The summed E-state index contributed by atoms with van der Waals surface area (Å²) in [5.74, 6) is 0.841. The van der Waals surface area contributed by atoms with Gasteiger partial charge in [0.1, 0.15) is 23.7 Å². The number of piperidine rings is 2. The van der Waals surface area contributed by atoms with Crippen molar-refractivity contribution in [3.05, 3.63) is 53.4 Å². The Morgan fingerprint density at radius 2 is 1.97 bits per heavy atom. The summed E-state index contributed by atoms with van der Waals surface area (Å²) in [6, 6.07) is 11.8. The highest BCUT2D eigenvalue weighted by atomic mass is 16.7. The molecule has 1 unspecified atom stereocenters. The molecule has 1 aromatic heterocycles. The van der Waals surface area contributed by atoms with Crippen molar-refractivity contribution in [1.29, 1.82) is 0 Å². The Labute approximate surface area is 217 Å². The first kappa shape index (κ1) is 24.3. The number of ether oxygens (including phenoxy) is 1. The van der Waals surface area contributed by atoms with E-state index in [9.17, 15) is 9.59 Å². The second-order valence-corrected chi connectivity index (χ2v) is 12.0. The van der Waals surface area contributed by atoms with E-state index in [0.717, 1.165) is 49.1 Å². The lowest BCUT2D eigenvalue weighted by atomic mass is 9.84. The van der Waals surface area contributed by atoms with Gasteiger partial charge in [-0.1, -0.05) is 35.5 Å². The Hall–Kier alpha value is -3.07. The zero-order valence-corrected chi connectivity index (χ0v) is 21.9. The fourth-order valence-electron chi connectivity index (χ4n) is 6.11. The third-order valence-corrected chi connectivity index (χ3v) is 8.24. The minimum atomic E-state index is -0.526. The summed E-state index contributed by atoms with van der Waals surface area (Å²) < 4.78 is 11.4. The molecule has 3 atom stereocenters. The average Bonchev–Trinajstić information content (AvgIpc) is 3.35. The van der Waals surface area contributed by atoms with Crippen LogP contribution in [0.2, 0.25) is 0 Å². The summed E-state index contributed by atoms with van der Waals surface area (Å²) in [4.78, 5) is 35.8. The first-order valence-corrected chi connectivity index (χ1v) is 13.4. The van der Waals surface area contributed by atoms with E-state index in [1.54, 1.807) is 9.96 Å². The summed E-state index contributed by atoms with van der Waals surface area (Å²) in [5.41, 5.74) is 1.40. The molecule has 2 aromatic rings. The van der Waals surface area contributed by atoms with Crippen molar-refractivity contribution in [1.82, 2.24) is 20.0 Å². The lowest BCUT2D eigenvalue weighted by molar-refractivity contribution is -0.153. The van der Waals surface area contributed by atoms with E-state index in [2.05, 4.69) is 5.16 Å². The highest BCUT2D eigenvalue weighted by Crippen LogP contribution is 2.61. The molecule has 1 aromatic carbocycles. The van der Waals surface area contributed by atoms with Crippen molar-refractivity contribution in [2.75, 3.05) is 19.6 Å². The second-order valence-electron chi connectivity index (χ2n) is 12.0. The molecule has 9 nitrogen and oxygen atoms in total. The van der Waals surface area contributed by atoms with Gasteiger partial charge in [-0.3, -0.25) is 4.84 Å². The van der Waals surface area contributed by atoms with E-state index < -0.39 is 5.60 Å². The van der Waals surface area contributed by atoms with Crippen LogP contribution in [0.15, 0.2) is 40.9 Å². The van der Waals surface area contributed by atoms with Gasteiger partial charge in [-0.05, 0) is 63.9 Å². The van der Waals surface area contributed by atoms with E-state index in [1.165, 1.54) is 0 Å². The molecule has 2 bridgehead atoms. The molecule has 0 N–H and O–H groups in total. The maximum atomic E-state index is 13.5. The van der Waals surface area contributed by atoms with Crippen LogP contribution in [-0.2, 0) is 16.2 Å². The molecular weight excluding hydrogens is 472 g/mol. The Morgan fingerprint density at radius 1 is 1.19 bits per heavy atom. The molecule has 3 saturated heterocycles. The highest BCUT2D eigenvalue weighted by Gasteiger charge is 2.63. The number of rotatable bonds is 5. The summed E-state index contributed by atoms with van der Waals surface area (Å²) in [6.07, 6.45) is 4.58. The SMILES string of the molecule is CC(C)(C)OC(=O)N1CCCC(c2cc([C@@H]3CC4(CC4)[C@H]4CN3C(=O)N4OCc3ccccc3)no2)C1. The maximum absolute atomic E-state index is 13.5. The molecular formula is C28H36N4O5. The molecule has 0 radical (unpaired) electrons. The highest BCUT2D eigenvalue weighted by molar-refractivity contribution is 5.77. The van der Waals surface area contributed by atoms with E-state index in [-0.39, 0.29) is 35.5 Å². The molecule has 4 aliphatic rings. The number of hydrogen-bond acceptors (Lipinski definition) is 6. The van der Waals surface area contributed by atoms with E-state index in [1.807, 2.05) is 62.1 Å². The van der Waals surface area contributed by atoms with Crippen LogP contribution >= 0.6 is 0 Å². The number of amides is 3. The van der Waals surface area contributed by atoms with Gasteiger partial charge in [0.2, 0.25) is 0 Å². The van der Waals surface area contributed by atoms with Crippen molar-refractivity contribution >= 4 is 12.1 Å². The van der Waals surface area contributed by atoms with Crippen LogP contribution in [0, 0.1) is 5.41 Å². The van der Waals surface area contributed by atoms with E-state index in [0.29, 0.717) is 26.2 Å². The van der Waals surface area contributed by atoms with Gasteiger partial charge in [-0.15, -0.1) is 0 Å². The summed E-state index contributed by atoms with van der Waals surface area (Å²) in [7, 11) is 0. The first-order valence-electron chi connectivity index (χ1n) is 13.4. The quantitative estimate of drug-likeness (QED) is 0.548. The van der Waals surface area contributed by atoms with Crippen LogP contribution < -0.4 is 0 Å². The first-order chi connectivity index (χ1) is 17.7. The largest absolute Gasteiger partial charge is 0.444 e. The zero-order valence-electron chi connectivity index (χ0n) is 21.9. The van der Waals surface area contributed by atoms with Crippen molar-refractivity contribution in [3.63, 3.8) is 0 Å². The fraction of sp³-hybridized carbons (Fsp3) is 0.607. The van der Waals surface area contributed by atoms with Crippen molar-refractivity contribution < 1.29 is 23.7 Å². The van der Waals surface area contributed by atoms with Gasteiger partial charge in [-0.25, -0.2) is 9.59 Å². The van der Waals surface area contributed by atoms with Crippen molar-refractivity contribution in [2.24, 2.45) is 5.41 Å². The predicted octanol–water partition coefficient (Wildman–Crippen LogP) is 5.25. The number of likely N-dealkylation sites (tertiary alicyclic amines) is 1. The van der Waals surface area contributed by atoms with Crippen LogP contribution in [0.4, 0.5) is 9.59 Å². The molecule has 37 heavy (non-hydrogen) atoms. The van der Waals surface area contributed by atoms with Crippen LogP contribution in [-0.4, -0.2) is 63.4 Å². The number of aromatic nitrogens is 1. The molecule has 198 valence electrons. The molecule has 1 aliphatic carbocycles. The Balaban J connectivity index is 1.15. The van der Waals surface area contributed by atoms with Gasteiger partial charge in [-0.2, -0.15) is 5.06 Å². The number of nitrogens with zero attached hydrogens (tertiary/aromatic N) is 4. The molecule has 1 spiro atoms.